The Hall–Kier alpha value is -1.28. The van der Waals surface area contributed by atoms with Gasteiger partial charge >= 0.3 is 0 Å². The van der Waals surface area contributed by atoms with Gasteiger partial charge in [-0.25, -0.2) is 0 Å². The van der Waals surface area contributed by atoms with Gasteiger partial charge in [0.2, 0.25) is 0 Å². The lowest BCUT2D eigenvalue weighted by Crippen LogP contribution is -2.24. The number of rotatable bonds is 0. The van der Waals surface area contributed by atoms with Gasteiger partial charge in [-0.15, -0.1) is 0 Å². The molecule has 0 spiro atoms. The summed E-state index contributed by atoms with van der Waals surface area (Å²) >= 11 is 0. The first-order valence-electron chi connectivity index (χ1n) is 6.78. The highest BCUT2D eigenvalue weighted by molar-refractivity contribution is 5.86. The molecule has 0 fully saturated rings. The highest BCUT2D eigenvalue weighted by Crippen LogP contribution is 2.38. The fourth-order valence-electron chi connectivity index (χ4n) is 3.63. The van der Waals surface area contributed by atoms with Crippen LogP contribution in [-0.4, -0.2) is 11.1 Å². The third kappa shape index (κ3) is 1.31. The van der Waals surface area contributed by atoms with Crippen LogP contribution in [0.5, 0.6) is 0 Å². The van der Waals surface area contributed by atoms with Gasteiger partial charge in [-0.3, -0.25) is 0 Å². The van der Waals surface area contributed by atoms with Gasteiger partial charge in [0, 0.05) is 29.2 Å². The van der Waals surface area contributed by atoms with E-state index in [0.717, 1.165) is 0 Å². The van der Waals surface area contributed by atoms with Crippen molar-refractivity contribution >= 4 is 10.9 Å². The molecule has 0 saturated carbocycles. The van der Waals surface area contributed by atoms with E-state index in [4.69, 9.17) is 0 Å². The Morgan fingerprint density at radius 3 is 3.12 bits per heavy atom. The zero-order valence-electron chi connectivity index (χ0n) is 10.1. The second-order valence-electron chi connectivity index (χ2n) is 5.29. The smallest absolute Gasteiger partial charge is 0.0485 e. The molecule has 2 heteroatoms. The van der Waals surface area contributed by atoms with Gasteiger partial charge in [-0.2, -0.15) is 0 Å². The molecule has 1 aromatic heterocycles. The molecule has 1 aliphatic carbocycles. The standard InChI is InChI=1S/C15H18N2/c1-2-8-14-11(5-1)12-6-3-7-13-15(12)17(14)10-4-9-16-13/h1-2,5,8,13,16H,3-4,6-7,9-10H2. The van der Waals surface area contributed by atoms with E-state index in [2.05, 4.69) is 34.1 Å². The molecular formula is C15H18N2. The van der Waals surface area contributed by atoms with E-state index in [1.54, 1.807) is 11.3 Å². The fraction of sp³-hybridized carbons (Fsp3) is 0.467. The summed E-state index contributed by atoms with van der Waals surface area (Å²) in [5, 5.41) is 5.22. The number of para-hydroxylation sites is 1. The molecular weight excluding hydrogens is 208 g/mol. The summed E-state index contributed by atoms with van der Waals surface area (Å²) in [6, 6.07) is 9.54. The average molecular weight is 226 g/mol. The van der Waals surface area contributed by atoms with Gasteiger partial charge in [-0.05, 0) is 43.9 Å². The molecule has 2 heterocycles. The van der Waals surface area contributed by atoms with Crippen molar-refractivity contribution in [3.8, 4) is 0 Å². The predicted molar refractivity (Wildman–Crippen MR) is 70.2 cm³/mol. The Morgan fingerprint density at radius 1 is 1.18 bits per heavy atom. The van der Waals surface area contributed by atoms with Crippen molar-refractivity contribution in [2.45, 2.75) is 38.3 Å². The first kappa shape index (κ1) is 9.72. The number of hydrogen-bond donors (Lipinski definition) is 1. The molecule has 17 heavy (non-hydrogen) atoms. The lowest BCUT2D eigenvalue weighted by atomic mass is 9.92. The Balaban J connectivity index is 2.08. The summed E-state index contributed by atoms with van der Waals surface area (Å²) in [6.45, 7) is 2.35. The number of aromatic nitrogens is 1. The molecule has 1 unspecified atom stereocenters. The Morgan fingerprint density at radius 2 is 2.12 bits per heavy atom. The lowest BCUT2D eigenvalue weighted by molar-refractivity contribution is 0.465. The molecule has 0 amide bonds. The van der Waals surface area contributed by atoms with Crippen LogP contribution in [0.15, 0.2) is 24.3 Å². The van der Waals surface area contributed by atoms with Gasteiger partial charge in [0.05, 0.1) is 0 Å². The predicted octanol–water partition coefficient (Wildman–Crippen LogP) is 3.01. The van der Waals surface area contributed by atoms with E-state index in [1.165, 1.54) is 49.7 Å². The van der Waals surface area contributed by atoms with Gasteiger partial charge in [0.15, 0.2) is 0 Å². The van der Waals surface area contributed by atoms with Crippen molar-refractivity contribution in [3.63, 3.8) is 0 Å². The van der Waals surface area contributed by atoms with Crippen molar-refractivity contribution in [2.75, 3.05) is 6.54 Å². The number of nitrogens with zero attached hydrogens (tertiary/aromatic N) is 1. The minimum atomic E-state index is 0.605. The normalized spacial score (nSPS) is 23.4. The number of hydrogen-bond acceptors (Lipinski definition) is 1. The van der Waals surface area contributed by atoms with Crippen LogP contribution >= 0.6 is 0 Å². The highest BCUT2D eigenvalue weighted by atomic mass is 15.1. The van der Waals surface area contributed by atoms with Crippen LogP contribution in [-0.2, 0) is 13.0 Å². The second-order valence-corrected chi connectivity index (χ2v) is 5.29. The number of benzene rings is 1. The van der Waals surface area contributed by atoms with Gasteiger partial charge in [-0.1, -0.05) is 18.2 Å². The fourth-order valence-corrected chi connectivity index (χ4v) is 3.63. The van der Waals surface area contributed by atoms with Crippen LogP contribution in [0.4, 0.5) is 0 Å². The van der Waals surface area contributed by atoms with Gasteiger partial charge in [0.1, 0.15) is 0 Å². The molecule has 4 rings (SSSR count). The third-order valence-corrected chi connectivity index (χ3v) is 4.32. The maximum atomic E-state index is 3.72. The minimum absolute atomic E-state index is 0.605. The van der Waals surface area contributed by atoms with Crippen molar-refractivity contribution in [3.05, 3.63) is 35.5 Å². The van der Waals surface area contributed by atoms with Crippen molar-refractivity contribution < 1.29 is 0 Å². The zero-order valence-corrected chi connectivity index (χ0v) is 10.1. The largest absolute Gasteiger partial charge is 0.343 e. The minimum Gasteiger partial charge on any atom is -0.343 e. The van der Waals surface area contributed by atoms with Crippen LogP contribution in [0.25, 0.3) is 10.9 Å². The van der Waals surface area contributed by atoms with Crippen LogP contribution in [0, 0.1) is 0 Å². The summed E-state index contributed by atoms with van der Waals surface area (Å²) < 4.78 is 2.58. The Kier molecular flexibility index (Phi) is 2.06. The Labute approximate surface area is 102 Å². The monoisotopic (exact) mass is 226 g/mol. The summed E-state index contributed by atoms with van der Waals surface area (Å²) in [7, 11) is 0. The van der Waals surface area contributed by atoms with Crippen LogP contribution < -0.4 is 5.32 Å². The quantitative estimate of drug-likeness (QED) is 0.730. The maximum Gasteiger partial charge on any atom is 0.0485 e. The Bertz CT molecular complexity index is 568. The number of aryl methyl sites for hydroxylation is 2. The van der Waals surface area contributed by atoms with Crippen LogP contribution in [0.1, 0.15) is 36.6 Å². The molecule has 1 N–H and O–H groups in total. The van der Waals surface area contributed by atoms with E-state index in [9.17, 15) is 0 Å². The molecule has 2 aromatic rings. The van der Waals surface area contributed by atoms with Crippen LogP contribution in [0.3, 0.4) is 0 Å². The van der Waals surface area contributed by atoms with Gasteiger partial charge in [0.25, 0.3) is 0 Å². The average Bonchev–Trinajstić information content (AvgIpc) is 2.56. The molecule has 1 aliphatic heterocycles. The molecule has 1 atom stereocenters. The van der Waals surface area contributed by atoms with E-state index in [-0.39, 0.29) is 0 Å². The van der Waals surface area contributed by atoms with Gasteiger partial charge < -0.3 is 9.88 Å². The van der Waals surface area contributed by atoms with Crippen molar-refractivity contribution in [1.29, 1.82) is 0 Å². The molecule has 88 valence electrons. The first-order valence-corrected chi connectivity index (χ1v) is 6.78. The molecule has 0 saturated heterocycles. The second kappa shape index (κ2) is 3.61. The highest BCUT2D eigenvalue weighted by Gasteiger charge is 2.28. The third-order valence-electron chi connectivity index (χ3n) is 4.32. The van der Waals surface area contributed by atoms with Crippen LogP contribution in [0.2, 0.25) is 0 Å². The zero-order chi connectivity index (χ0) is 11.2. The summed E-state index contributed by atoms with van der Waals surface area (Å²) in [5.41, 5.74) is 4.66. The van der Waals surface area contributed by atoms with E-state index >= 15 is 0 Å². The SMILES string of the molecule is c1ccc2c(c1)c1c3n2CCCNC3CCC1. The summed E-state index contributed by atoms with van der Waals surface area (Å²) in [6.07, 6.45) is 5.16. The van der Waals surface area contributed by atoms with Crippen molar-refractivity contribution in [2.24, 2.45) is 0 Å². The lowest BCUT2D eigenvalue weighted by Gasteiger charge is -2.24. The summed E-state index contributed by atoms with van der Waals surface area (Å²) in [5.74, 6) is 0. The molecule has 2 aliphatic rings. The molecule has 2 nitrogen and oxygen atoms in total. The number of nitrogens with one attached hydrogen (secondary N) is 1. The van der Waals surface area contributed by atoms with E-state index in [1.807, 2.05) is 0 Å². The topological polar surface area (TPSA) is 17.0 Å². The summed E-state index contributed by atoms with van der Waals surface area (Å²) in [4.78, 5) is 0. The van der Waals surface area contributed by atoms with E-state index in [0.29, 0.717) is 6.04 Å². The molecule has 0 bridgehead atoms. The first-order chi connectivity index (χ1) is 8.45. The van der Waals surface area contributed by atoms with E-state index < -0.39 is 0 Å². The number of fused-ring (bicyclic) bond motifs is 3. The molecule has 1 aromatic carbocycles. The molecule has 0 radical (unpaired) electrons. The maximum absolute atomic E-state index is 3.72. The van der Waals surface area contributed by atoms with Crippen molar-refractivity contribution in [1.82, 2.24) is 9.88 Å².